The van der Waals surface area contributed by atoms with Gasteiger partial charge in [0.05, 0.1) is 6.61 Å². The summed E-state index contributed by atoms with van der Waals surface area (Å²) in [7, 11) is 0. The molecule has 0 bridgehead atoms. The summed E-state index contributed by atoms with van der Waals surface area (Å²) in [4.78, 5) is 15.6. The van der Waals surface area contributed by atoms with Crippen LogP contribution >= 0.6 is 0 Å². The van der Waals surface area contributed by atoms with Gasteiger partial charge < -0.3 is 19.5 Å². The molecule has 0 unspecified atom stereocenters. The number of halogens is 1. The molecule has 5 rings (SSSR count). The molecule has 38 heavy (non-hydrogen) atoms. The number of hydrogen-bond donors (Lipinski definition) is 1. The molecule has 1 aromatic heterocycles. The molecular formula is C32H36FN3O2. The minimum Gasteiger partial charge on any atom is -0.494 e. The molecule has 1 fully saturated rings. The fourth-order valence-electron chi connectivity index (χ4n) is 5.46. The van der Waals surface area contributed by atoms with Gasteiger partial charge in [0.15, 0.2) is 0 Å². The highest BCUT2D eigenvalue weighted by Crippen LogP contribution is 2.36. The molecule has 4 aromatic rings. The summed E-state index contributed by atoms with van der Waals surface area (Å²) in [6.45, 7) is 7.02. The number of aromatic nitrogens is 1. The van der Waals surface area contributed by atoms with Crippen molar-refractivity contribution in [3.05, 3.63) is 102 Å². The number of hydrogen-bond acceptors (Lipinski definition) is 3. The summed E-state index contributed by atoms with van der Waals surface area (Å²) in [6, 6.07) is 23.0. The number of carbonyl (C=O) groups excluding carboxylic acids is 1. The largest absolute Gasteiger partial charge is 0.494 e. The first-order valence-electron chi connectivity index (χ1n) is 13.6. The lowest BCUT2D eigenvalue weighted by atomic mass is 9.88. The van der Waals surface area contributed by atoms with E-state index in [0.717, 1.165) is 53.0 Å². The van der Waals surface area contributed by atoms with Crippen LogP contribution in [0.2, 0.25) is 0 Å². The number of benzene rings is 3. The molecule has 1 aliphatic heterocycles. The second-order valence-electron chi connectivity index (χ2n) is 10.0. The van der Waals surface area contributed by atoms with Gasteiger partial charge in [0, 0.05) is 49.1 Å². The van der Waals surface area contributed by atoms with Crippen LogP contribution in [0.5, 0.6) is 5.75 Å². The number of ether oxygens (including phenoxy) is 1. The zero-order valence-electron chi connectivity index (χ0n) is 22.0. The van der Waals surface area contributed by atoms with Crippen LogP contribution < -0.4 is 10.1 Å². The van der Waals surface area contributed by atoms with E-state index in [2.05, 4.69) is 45.2 Å². The van der Waals surface area contributed by atoms with E-state index in [4.69, 9.17) is 4.74 Å². The van der Waals surface area contributed by atoms with Gasteiger partial charge in [-0.15, -0.1) is 0 Å². The van der Waals surface area contributed by atoms with E-state index in [-0.39, 0.29) is 17.6 Å². The Bertz CT molecular complexity index is 1340. The van der Waals surface area contributed by atoms with Crippen LogP contribution in [0.1, 0.15) is 48.8 Å². The summed E-state index contributed by atoms with van der Waals surface area (Å²) in [5, 5.41) is 4.29. The number of rotatable bonds is 11. The predicted molar refractivity (Wildman–Crippen MR) is 150 cm³/mol. The Hall–Kier alpha value is -3.64. The third-order valence-electron chi connectivity index (χ3n) is 7.39. The zero-order valence-corrected chi connectivity index (χ0v) is 22.0. The Morgan fingerprint density at radius 1 is 1.00 bits per heavy atom. The van der Waals surface area contributed by atoms with Gasteiger partial charge in [-0.2, -0.15) is 0 Å². The van der Waals surface area contributed by atoms with Crippen molar-refractivity contribution < 1.29 is 13.9 Å². The topological polar surface area (TPSA) is 46.5 Å². The number of amides is 1. The van der Waals surface area contributed by atoms with Crippen LogP contribution in [0.15, 0.2) is 79.0 Å². The third kappa shape index (κ3) is 6.25. The molecule has 1 amide bonds. The maximum atomic E-state index is 13.5. The summed E-state index contributed by atoms with van der Waals surface area (Å²) in [5.74, 6) is 0.525. The lowest BCUT2D eigenvalue weighted by molar-refractivity contribution is -0.121. The smallest absolute Gasteiger partial charge is 0.220 e. The van der Waals surface area contributed by atoms with Crippen LogP contribution in [-0.2, 0) is 11.3 Å². The summed E-state index contributed by atoms with van der Waals surface area (Å²) < 4.78 is 21.4. The van der Waals surface area contributed by atoms with Crippen LogP contribution in [0.25, 0.3) is 10.9 Å². The second-order valence-corrected chi connectivity index (χ2v) is 10.0. The molecule has 2 heterocycles. The van der Waals surface area contributed by atoms with Crippen LogP contribution in [0.3, 0.4) is 0 Å². The van der Waals surface area contributed by atoms with Gasteiger partial charge >= 0.3 is 0 Å². The standard InChI is InChI=1S/C32H36FN3O2/c1-2-38-27-15-11-25(12-16-27)29(21-32(37)34-17-20-35-18-5-6-19-35)30-23-36(31-8-4-3-7-28(30)31)22-24-9-13-26(33)14-10-24/h3-4,7-16,23,29H,2,5-6,17-22H2,1H3,(H,34,37)/t29-/m0/s1. The van der Waals surface area contributed by atoms with E-state index in [1.807, 2.05) is 43.3 Å². The molecule has 0 spiro atoms. The molecule has 0 aliphatic carbocycles. The van der Waals surface area contributed by atoms with E-state index in [1.54, 1.807) is 0 Å². The lowest BCUT2D eigenvalue weighted by Gasteiger charge is -2.19. The van der Waals surface area contributed by atoms with Crippen LogP contribution in [0, 0.1) is 5.82 Å². The van der Waals surface area contributed by atoms with Crippen molar-refractivity contribution in [3.8, 4) is 5.75 Å². The number of likely N-dealkylation sites (tertiary alicyclic amines) is 1. The number of nitrogens with one attached hydrogen (secondary N) is 1. The van der Waals surface area contributed by atoms with Crippen LogP contribution in [-0.4, -0.2) is 48.2 Å². The Kier molecular flexibility index (Phi) is 8.39. The minimum absolute atomic E-state index is 0.0541. The Labute approximate surface area is 224 Å². The van der Waals surface area contributed by atoms with Gasteiger partial charge in [-0.3, -0.25) is 4.79 Å². The Morgan fingerprint density at radius 3 is 2.47 bits per heavy atom. The molecule has 1 saturated heterocycles. The second kappa shape index (κ2) is 12.3. The minimum atomic E-state index is -0.238. The molecule has 1 N–H and O–H groups in total. The summed E-state index contributed by atoms with van der Waals surface area (Å²) in [5.41, 5.74) is 4.31. The first kappa shape index (κ1) is 26.0. The third-order valence-corrected chi connectivity index (χ3v) is 7.39. The molecule has 0 saturated carbocycles. The van der Waals surface area contributed by atoms with E-state index in [1.165, 1.54) is 25.0 Å². The fourth-order valence-corrected chi connectivity index (χ4v) is 5.46. The number of para-hydroxylation sites is 1. The molecular weight excluding hydrogens is 477 g/mol. The monoisotopic (exact) mass is 513 g/mol. The van der Waals surface area contributed by atoms with Crippen molar-refractivity contribution in [3.63, 3.8) is 0 Å². The van der Waals surface area contributed by atoms with Crippen molar-refractivity contribution in [2.24, 2.45) is 0 Å². The van der Waals surface area contributed by atoms with Gasteiger partial charge in [0.25, 0.3) is 0 Å². The maximum absolute atomic E-state index is 13.5. The van der Waals surface area contributed by atoms with E-state index >= 15 is 0 Å². The van der Waals surface area contributed by atoms with Gasteiger partial charge in [-0.05, 0) is 79.9 Å². The van der Waals surface area contributed by atoms with Gasteiger partial charge in [0.1, 0.15) is 11.6 Å². The normalized spacial score (nSPS) is 14.6. The lowest BCUT2D eigenvalue weighted by Crippen LogP contribution is -2.34. The number of nitrogens with zero attached hydrogens (tertiary/aromatic N) is 2. The molecule has 198 valence electrons. The van der Waals surface area contributed by atoms with Gasteiger partial charge in [-0.1, -0.05) is 42.5 Å². The van der Waals surface area contributed by atoms with Gasteiger partial charge in [-0.25, -0.2) is 4.39 Å². The molecule has 5 nitrogen and oxygen atoms in total. The predicted octanol–water partition coefficient (Wildman–Crippen LogP) is 5.96. The highest BCUT2D eigenvalue weighted by molar-refractivity contribution is 5.86. The molecule has 1 aliphatic rings. The van der Waals surface area contributed by atoms with E-state index in [0.29, 0.717) is 26.1 Å². The quantitative estimate of drug-likeness (QED) is 0.269. The van der Waals surface area contributed by atoms with E-state index < -0.39 is 0 Å². The van der Waals surface area contributed by atoms with E-state index in [9.17, 15) is 9.18 Å². The van der Waals surface area contributed by atoms with Crippen molar-refractivity contribution in [2.75, 3.05) is 32.8 Å². The molecule has 3 aromatic carbocycles. The maximum Gasteiger partial charge on any atom is 0.220 e. The van der Waals surface area contributed by atoms with Crippen molar-refractivity contribution in [1.29, 1.82) is 0 Å². The zero-order chi connectivity index (χ0) is 26.3. The average molecular weight is 514 g/mol. The number of carbonyl (C=O) groups is 1. The highest BCUT2D eigenvalue weighted by atomic mass is 19.1. The molecule has 0 radical (unpaired) electrons. The number of fused-ring (bicyclic) bond motifs is 1. The molecule has 6 heteroatoms. The fraction of sp³-hybridized carbons (Fsp3) is 0.344. The Balaban J connectivity index is 1.44. The Morgan fingerprint density at radius 2 is 1.74 bits per heavy atom. The first-order valence-corrected chi connectivity index (χ1v) is 13.6. The summed E-state index contributed by atoms with van der Waals surface area (Å²) >= 11 is 0. The summed E-state index contributed by atoms with van der Waals surface area (Å²) in [6.07, 6.45) is 5.01. The first-order chi connectivity index (χ1) is 18.6. The SMILES string of the molecule is CCOc1ccc([C@H](CC(=O)NCCN2CCCC2)c2cn(Cc3ccc(F)cc3)c3ccccc23)cc1. The van der Waals surface area contributed by atoms with Crippen molar-refractivity contribution >= 4 is 16.8 Å². The van der Waals surface area contributed by atoms with Crippen molar-refractivity contribution in [1.82, 2.24) is 14.8 Å². The van der Waals surface area contributed by atoms with Crippen molar-refractivity contribution in [2.45, 2.75) is 38.6 Å². The molecule has 1 atom stereocenters. The average Bonchev–Trinajstić information content (AvgIpc) is 3.58. The highest BCUT2D eigenvalue weighted by Gasteiger charge is 2.23. The van der Waals surface area contributed by atoms with Gasteiger partial charge in [0.2, 0.25) is 5.91 Å². The van der Waals surface area contributed by atoms with Crippen LogP contribution in [0.4, 0.5) is 4.39 Å².